The summed E-state index contributed by atoms with van der Waals surface area (Å²) in [5.41, 5.74) is 3.75. The van der Waals surface area contributed by atoms with Crippen molar-refractivity contribution < 1.29 is 8.76 Å². The molecule has 2 aliphatic rings. The van der Waals surface area contributed by atoms with E-state index in [0.29, 0.717) is 11.8 Å². The Balaban J connectivity index is 1.77. The first-order valence-corrected chi connectivity index (χ1v) is 11.9. The van der Waals surface area contributed by atoms with Gasteiger partial charge in [0, 0.05) is 16.3 Å². The molecule has 2 aliphatic carbocycles. The summed E-state index contributed by atoms with van der Waals surface area (Å²) in [5, 5.41) is 3.16. The van der Waals surface area contributed by atoms with Crippen molar-refractivity contribution in [2.24, 2.45) is 0 Å². The second-order valence-corrected chi connectivity index (χ2v) is 9.70. The van der Waals surface area contributed by atoms with Crippen LogP contribution < -0.4 is 0 Å². The number of hydrogen-bond acceptors (Lipinski definition) is 2. The molecular formula is C24H28O2P+. The molecule has 3 aromatic rings. The molecule has 27 heavy (non-hydrogen) atoms. The molecule has 2 fully saturated rings. The molecule has 2 nitrogen and oxygen atoms in total. The van der Waals surface area contributed by atoms with Crippen molar-refractivity contribution in [3.05, 3.63) is 47.5 Å². The fraction of sp³-hybridized carbons (Fsp3) is 0.500. The van der Waals surface area contributed by atoms with Gasteiger partial charge in [0.05, 0.1) is 0 Å². The largest absolute Gasteiger partial charge is 0.597 e. The number of fused-ring (bicyclic) bond motifs is 3. The molecule has 1 heterocycles. The summed E-state index contributed by atoms with van der Waals surface area (Å²) < 4.78 is 18.9. The molecule has 0 saturated heterocycles. The lowest BCUT2D eigenvalue weighted by Crippen LogP contribution is -2.09. The van der Waals surface area contributed by atoms with Gasteiger partial charge in [-0.05, 0) is 65.8 Å². The lowest BCUT2D eigenvalue weighted by molar-refractivity contribution is 0.435. The Labute approximate surface area is 161 Å². The molecule has 1 unspecified atom stereocenters. The topological polar surface area (TPSA) is 30.2 Å². The van der Waals surface area contributed by atoms with Gasteiger partial charge in [-0.15, -0.1) is 0 Å². The maximum Gasteiger partial charge on any atom is 0.597 e. The van der Waals surface area contributed by atoms with E-state index < -0.39 is 7.65 Å². The molecule has 1 aromatic heterocycles. The summed E-state index contributed by atoms with van der Waals surface area (Å²) in [6.07, 6.45) is 13.1. The molecular weight excluding hydrogens is 351 g/mol. The average Bonchev–Trinajstić information content (AvgIpc) is 2.75. The lowest BCUT2D eigenvalue weighted by atomic mass is 9.79. The van der Waals surface area contributed by atoms with Crippen molar-refractivity contribution in [2.75, 3.05) is 0 Å². The molecule has 5 rings (SSSR count). The van der Waals surface area contributed by atoms with Gasteiger partial charge in [0.15, 0.2) is 5.58 Å². The fourth-order valence-electron chi connectivity index (χ4n) is 5.36. The fourth-order valence-corrected chi connectivity index (χ4v) is 6.42. The maximum atomic E-state index is 12.8. The highest BCUT2D eigenvalue weighted by atomic mass is 31.1. The first-order chi connectivity index (χ1) is 13.3. The minimum Gasteiger partial charge on any atom is -0.249 e. The van der Waals surface area contributed by atoms with Gasteiger partial charge in [-0.3, -0.25) is 0 Å². The van der Waals surface area contributed by atoms with Crippen molar-refractivity contribution >= 4 is 29.1 Å². The molecule has 0 N–H and O–H groups in total. The van der Waals surface area contributed by atoms with E-state index in [2.05, 4.69) is 24.3 Å². The van der Waals surface area contributed by atoms with Crippen LogP contribution in [0.4, 0.5) is 0 Å². The van der Waals surface area contributed by atoms with Gasteiger partial charge in [0.2, 0.25) is 5.12 Å². The zero-order valence-electron chi connectivity index (χ0n) is 16.0. The third kappa shape index (κ3) is 3.23. The Morgan fingerprint density at radius 1 is 0.778 bits per heavy atom. The van der Waals surface area contributed by atoms with Crippen LogP contribution in [-0.2, 0) is 4.57 Å². The predicted octanol–water partition coefficient (Wildman–Crippen LogP) is 8.42. The van der Waals surface area contributed by atoms with Crippen molar-refractivity contribution in [2.45, 2.75) is 76.0 Å². The number of hydrogen-bond donors (Lipinski definition) is 0. The first-order valence-electron chi connectivity index (χ1n) is 10.7. The van der Waals surface area contributed by atoms with E-state index in [-0.39, 0.29) is 0 Å². The van der Waals surface area contributed by atoms with Gasteiger partial charge in [0.25, 0.3) is 0 Å². The van der Waals surface area contributed by atoms with Crippen molar-refractivity contribution in [3.8, 4) is 0 Å². The van der Waals surface area contributed by atoms with Gasteiger partial charge in [-0.1, -0.05) is 56.7 Å². The van der Waals surface area contributed by atoms with Crippen LogP contribution in [0.3, 0.4) is 0 Å². The zero-order valence-corrected chi connectivity index (χ0v) is 16.8. The van der Waals surface area contributed by atoms with Crippen LogP contribution in [-0.4, -0.2) is 0 Å². The Morgan fingerprint density at radius 3 is 2.19 bits per heavy atom. The second-order valence-electron chi connectivity index (χ2n) is 8.52. The Bertz CT molecular complexity index is 1020. The third-order valence-electron chi connectivity index (χ3n) is 6.83. The van der Waals surface area contributed by atoms with Gasteiger partial charge < -0.3 is 0 Å². The van der Waals surface area contributed by atoms with Gasteiger partial charge >= 0.3 is 7.65 Å². The summed E-state index contributed by atoms with van der Waals surface area (Å²) in [6, 6.07) is 12.9. The summed E-state index contributed by atoms with van der Waals surface area (Å²) in [7, 11) is -1.81. The highest BCUT2D eigenvalue weighted by Gasteiger charge is 2.26. The van der Waals surface area contributed by atoms with E-state index in [4.69, 9.17) is 4.20 Å². The summed E-state index contributed by atoms with van der Waals surface area (Å²) >= 11 is 0. The minimum atomic E-state index is -1.81. The predicted molar refractivity (Wildman–Crippen MR) is 113 cm³/mol. The summed E-state index contributed by atoms with van der Waals surface area (Å²) in [6.45, 7) is 0. The quantitative estimate of drug-likeness (QED) is 0.418. The lowest BCUT2D eigenvalue weighted by Gasteiger charge is -2.26. The van der Waals surface area contributed by atoms with E-state index in [1.807, 2.05) is 12.1 Å². The molecule has 0 amide bonds. The zero-order chi connectivity index (χ0) is 18.2. The Hall–Kier alpha value is -1.66. The second kappa shape index (κ2) is 7.40. The molecule has 1 atom stereocenters. The molecule has 2 aromatic carbocycles. The van der Waals surface area contributed by atoms with Crippen LogP contribution in [0.15, 0.2) is 40.6 Å². The van der Waals surface area contributed by atoms with E-state index in [9.17, 15) is 4.57 Å². The van der Waals surface area contributed by atoms with E-state index >= 15 is 0 Å². The van der Waals surface area contributed by atoms with Crippen LogP contribution in [0.2, 0.25) is 0 Å². The van der Waals surface area contributed by atoms with Crippen LogP contribution in [0.1, 0.15) is 87.2 Å². The molecule has 140 valence electrons. The van der Waals surface area contributed by atoms with Crippen molar-refractivity contribution in [1.82, 2.24) is 0 Å². The van der Waals surface area contributed by atoms with Crippen LogP contribution in [0.25, 0.3) is 21.5 Å². The molecule has 2 saturated carbocycles. The summed E-state index contributed by atoms with van der Waals surface area (Å²) in [5.74, 6) is 1.24. The van der Waals surface area contributed by atoms with Crippen molar-refractivity contribution in [3.63, 3.8) is 0 Å². The third-order valence-corrected chi connectivity index (χ3v) is 7.96. The van der Waals surface area contributed by atoms with Crippen molar-refractivity contribution in [1.29, 1.82) is 0 Å². The molecule has 3 heteroatoms. The normalized spacial score (nSPS) is 20.4. The first kappa shape index (κ1) is 17.4. The highest BCUT2D eigenvalue weighted by Crippen LogP contribution is 2.44. The van der Waals surface area contributed by atoms with E-state index in [1.165, 1.54) is 80.7 Å². The standard InChI is InChI=1S/C24H28O2P/c25-27-23-14-8-7-13-20(23)22-16-19(17-9-3-1-4-10-17)15-21(24(22)26-27)18-11-5-2-6-12-18/h7-8,13-18H,1-6,9-12H2/q+1. The molecule has 0 aliphatic heterocycles. The van der Waals surface area contributed by atoms with Gasteiger partial charge in [0.1, 0.15) is 0 Å². The monoisotopic (exact) mass is 379 g/mol. The van der Waals surface area contributed by atoms with Gasteiger partial charge in [-0.25, -0.2) is 4.20 Å². The Morgan fingerprint density at radius 2 is 1.44 bits per heavy atom. The average molecular weight is 379 g/mol. The van der Waals surface area contributed by atoms with E-state index in [1.54, 1.807) is 0 Å². The molecule has 0 spiro atoms. The van der Waals surface area contributed by atoms with E-state index in [0.717, 1.165) is 16.1 Å². The smallest absolute Gasteiger partial charge is 0.249 e. The highest BCUT2D eigenvalue weighted by molar-refractivity contribution is 7.37. The van der Waals surface area contributed by atoms with Crippen LogP contribution >= 0.6 is 7.65 Å². The SMILES string of the molecule is O=[p+]1oc2c(C3CCCCC3)cc(C3CCCCC3)cc2c2ccccc21. The summed E-state index contributed by atoms with van der Waals surface area (Å²) in [4.78, 5) is 0. The van der Waals surface area contributed by atoms with Crippen LogP contribution in [0, 0.1) is 0 Å². The van der Waals surface area contributed by atoms with Crippen LogP contribution in [0.5, 0.6) is 0 Å². The van der Waals surface area contributed by atoms with Gasteiger partial charge in [-0.2, -0.15) is 0 Å². The number of benzene rings is 2. The molecule has 0 bridgehead atoms. The maximum absolute atomic E-state index is 12.8. The molecule has 0 radical (unpaired) electrons. The Kier molecular flexibility index (Phi) is 4.78. The minimum absolute atomic E-state index is 0.560. The number of rotatable bonds is 2.